The third-order valence-electron chi connectivity index (χ3n) is 0.921. The fourth-order valence-corrected chi connectivity index (χ4v) is 0.403. The second-order valence-corrected chi connectivity index (χ2v) is 2.35. The van der Waals surface area contributed by atoms with E-state index in [-0.39, 0.29) is 6.42 Å². The third kappa shape index (κ3) is 24.7. The monoisotopic (exact) mass is 246 g/mol. The SMILES string of the molecule is O=C(O)/C=C/C(=O)O.O=C(O)/C=C/CC(=O)O. The summed E-state index contributed by atoms with van der Waals surface area (Å²) in [5.74, 6) is -4.68. The number of carbonyl (C=O) groups is 4. The van der Waals surface area contributed by atoms with Gasteiger partial charge in [0.15, 0.2) is 0 Å². The van der Waals surface area contributed by atoms with Gasteiger partial charge in [-0.1, -0.05) is 6.08 Å². The van der Waals surface area contributed by atoms with E-state index in [1.54, 1.807) is 0 Å². The van der Waals surface area contributed by atoms with Crippen molar-refractivity contribution in [3.05, 3.63) is 24.3 Å². The van der Waals surface area contributed by atoms with Crippen LogP contribution in [-0.4, -0.2) is 44.3 Å². The summed E-state index contributed by atoms with van der Waals surface area (Å²) in [6.45, 7) is 0. The van der Waals surface area contributed by atoms with E-state index in [9.17, 15) is 19.2 Å². The first-order chi connectivity index (χ1) is 7.75. The van der Waals surface area contributed by atoms with Crippen molar-refractivity contribution in [3.8, 4) is 0 Å². The maximum atomic E-state index is 9.74. The van der Waals surface area contributed by atoms with Crippen LogP contribution in [0.2, 0.25) is 0 Å². The van der Waals surface area contributed by atoms with Gasteiger partial charge in [-0.05, 0) is 0 Å². The molecule has 0 spiro atoms. The van der Waals surface area contributed by atoms with Gasteiger partial charge in [0.05, 0.1) is 6.42 Å². The molecule has 0 rings (SSSR count). The topological polar surface area (TPSA) is 149 Å². The predicted molar refractivity (Wildman–Crippen MR) is 53.4 cm³/mol. The first kappa shape index (κ1) is 16.8. The highest BCUT2D eigenvalue weighted by Crippen LogP contribution is 1.81. The molecule has 8 nitrogen and oxygen atoms in total. The fourth-order valence-electron chi connectivity index (χ4n) is 0.403. The molecule has 17 heavy (non-hydrogen) atoms. The van der Waals surface area contributed by atoms with Crippen molar-refractivity contribution >= 4 is 23.9 Å². The molecular weight excluding hydrogens is 236 g/mol. The van der Waals surface area contributed by atoms with Crippen molar-refractivity contribution in [2.24, 2.45) is 0 Å². The highest BCUT2D eigenvalue weighted by molar-refractivity contribution is 5.89. The first-order valence-electron chi connectivity index (χ1n) is 4.01. The molecule has 0 aliphatic carbocycles. The van der Waals surface area contributed by atoms with Crippen LogP contribution in [0.1, 0.15) is 6.42 Å². The average Bonchev–Trinajstić information content (AvgIpc) is 2.14. The maximum Gasteiger partial charge on any atom is 0.328 e. The van der Waals surface area contributed by atoms with E-state index in [1.165, 1.54) is 0 Å². The number of rotatable bonds is 5. The molecule has 0 heterocycles. The predicted octanol–water partition coefficient (Wildman–Crippen LogP) is -0.186. The van der Waals surface area contributed by atoms with Crippen LogP contribution < -0.4 is 0 Å². The van der Waals surface area contributed by atoms with Crippen LogP contribution >= 0.6 is 0 Å². The first-order valence-corrected chi connectivity index (χ1v) is 4.01. The Morgan fingerprint density at radius 1 is 0.706 bits per heavy atom. The van der Waals surface area contributed by atoms with Gasteiger partial charge in [-0.25, -0.2) is 14.4 Å². The van der Waals surface area contributed by atoms with Gasteiger partial charge in [0.25, 0.3) is 0 Å². The molecule has 0 atom stereocenters. The fraction of sp³-hybridized carbons (Fsp3) is 0.111. The lowest BCUT2D eigenvalue weighted by Crippen LogP contribution is -1.92. The Hall–Kier alpha value is -2.64. The quantitative estimate of drug-likeness (QED) is 0.487. The molecule has 0 aliphatic rings. The summed E-state index contributed by atoms with van der Waals surface area (Å²) < 4.78 is 0. The van der Waals surface area contributed by atoms with Gasteiger partial charge < -0.3 is 20.4 Å². The summed E-state index contributed by atoms with van der Waals surface area (Å²) in [7, 11) is 0. The highest BCUT2D eigenvalue weighted by Gasteiger charge is 1.90. The van der Waals surface area contributed by atoms with Crippen molar-refractivity contribution in [3.63, 3.8) is 0 Å². The third-order valence-corrected chi connectivity index (χ3v) is 0.921. The Balaban J connectivity index is 0. The summed E-state index contributed by atoms with van der Waals surface area (Å²) >= 11 is 0. The lowest BCUT2D eigenvalue weighted by atomic mass is 10.4. The summed E-state index contributed by atoms with van der Waals surface area (Å²) in [5.41, 5.74) is 0. The van der Waals surface area contributed by atoms with Crippen LogP contribution in [0.5, 0.6) is 0 Å². The van der Waals surface area contributed by atoms with Crippen molar-refractivity contribution in [2.45, 2.75) is 6.42 Å². The Bertz CT molecular complexity index is 336. The minimum Gasteiger partial charge on any atom is -0.481 e. The Labute approximate surface area is 95.1 Å². The van der Waals surface area contributed by atoms with Crippen LogP contribution in [0.25, 0.3) is 0 Å². The van der Waals surface area contributed by atoms with Crippen LogP contribution in [0.15, 0.2) is 24.3 Å². The summed E-state index contributed by atoms with van der Waals surface area (Å²) in [4.78, 5) is 38.5. The van der Waals surface area contributed by atoms with Crippen LogP contribution in [0.3, 0.4) is 0 Å². The van der Waals surface area contributed by atoms with Crippen molar-refractivity contribution in [1.29, 1.82) is 0 Å². The molecule has 8 heteroatoms. The second kappa shape index (κ2) is 9.90. The zero-order valence-corrected chi connectivity index (χ0v) is 8.44. The molecule has 0 unspecified atom stereocenters. The molecule has 0 aromatic heterocycles. The van der Waals surface area contributed by atoms with Crippen molar-refractivity contribution < 1.29 is 39.6 Å². The standard InChI is InChI=1S/C5H6O4.C4H4O4/c6-4(7)2-1-3-5(8)9;5-3(6)1-2-4(7)8/h1-2H,3H2,(H,6,7)(H,8,9);1-2H,(H,5,6)(H,7,8)/b2*2-1+. The minimum atomic E-state index is -1.26. The molecule has 0 aromatic carbocycles. The van der Waals surface area contributed by atoms with E-state index in [1.807, 2.05) is 0 Å². The van der Waals surface area contributed by atoms with Gasteiger partial charge in [-0.15, -0.1) is 0 Å². The van der Waals surface area contributed by atoms with Gasteiger partial charge in [-0.2, -0.15) is 0 Å². The number of aliphatic carboxylic acids is 4. The normalized spacial score (nSPS) is 9.65. The van der Waals surface area contributed by atoms with E-state index < -0.39 is 23.9 Å². The molecule has 0 radical (unpaired) electrons. The lowest BCUT2D eigenvalue weighted by Gasteiger charge is -1.79. The van der Waals surface area contributed by atoms with E-state index >= 15 is 0 Å². The van der Waals surface area contributed by atoms with E-state index in [0.29, 0.717) is 12.2 Å². The molecule has 0 saturated carbocycles. The highest BCUT2D eigenvalue weighted by atomic mass is 16.4. The molecule has 4 N–H and O–H groups in total. The largest absolute Gasteiger partial charge is 0.481 e. The van der Waals surface area contributed by atoms with E-state index in [4.69, 9.17) is 20.4 Å². The number of carboxylic acid groups (broad SMARTS) is 4. The van der Waals surface area contributed by atoms with Crippen LogP contribution in [0, 0.1) is 0 Å². The van der Waals surface area contributed by atoms with Crippen molar-refractivity contribution in [1.82, 2.24) is 0 Å². The molecule has 0 amide bonds. The van der Waals surface area contributed by atoms with Gasteiger partial charge >= 0.3 is 23.9 Å². The average molecular weight is 246 g/mol. The number of hydrogen-bond donors (Lipinski definition) is 4. The molecule has 0 aromatic rings. The Morgan fingerprint density at radius 3 is 1.29 bits per heavy atom. The maximum absolute atomic E-state index is 9.74. The molecule has 0 bridgehead atoms. The zero-order valence-electron chi connectivity index (χ0n) is 8.44. The summed E-state index contributed by atoms with van der Waals surface area (Å²) in [5, 5.41) is 31.6. The summed E-state index contributed by atoms with van der Waals surface area (Å²) in [6, 6.07) is 0. The number of carboxylic acids is 4. The smallest absolute Gasteiger partial charge is 0.328 e. The Kier molecular flexibility index (Phi) is 9.77. The zero-order chi connectivity index (χ0) is 13.8. The van der Waals surface area contributed by atoms with E-state index in [2.05, 4.69) is 0 Å². The number of hydrogen-bond acceptors (Lipinski definition) is 4. The van der Waals surface area contributed by atoms with Gasteiger partial charge in [0.1, 0.15) is 0 Å². The Morgan fingerprint density at radius 2 is 1.06 bits per heavy atom. The molecule has 0 aliphatic heterocycles. The van der Waals surface area contributed by atoms with Crippen molar-refractivity contribution in [2.75, 3.05) is 0 Å². The van der Waals surface area contributed by atoms with Gasteiger partial charge in [0.2, 0.25) is 0 Å². The molecular formula is C9H10O8. The van der Waals surface area contributed by atoms with Gasteiger partial charge in [0, 0.05) is 18.2 Å². The molecule has 0 saturated heterocycles. The van der Waals surface area contributed by atoms with Crippen LogP contribution in [-0.2, 0) is 19.2 Å². The van der Waals surface area contributed by atoms with Crippen LogP contribution in [0.4, 0.5) is 0 Å². The molecule has 94 valence electrons. The second-order valence-electron chi connectivity index (χ2n) is 2.35. The lowest BCUT2D eigenvalue weighted by molar-refractivity contribution is -0.136. The minimum absolute atomic E-state index is 0.244. The van der Waals surface area contributed by atoms with Gasteiger partial charge in [-0.3, -0.25) is 4.79 Å². The summed E-state index contributed by atoms with van der Waals surface area (Å²) in [6.07, 6.45) is 2.75. The van der Waals surface area contributed by atoms with E-state index in [0.717, 1.165) is 12.2 Å². The molecule has 0 fully saturated rings.